The number of benzene rings is 1. The molecule has 4 nitrogen and oxygen atoms in total. The molecule has 1 N–H and O–H groups in total. The fraction of sp³-hybridized carbons (Fsp3) is 0.500. The van der Waals surface area contributed by atoms with E-state index in [1.807, 2.05) is 31.3 Å². The molecule has 1 aromatic carbocycles. The lowest BCUT2D eigenvalue weighted by atomic mass is 10.2. The summed E-state index contributed by atoms with van der Waals surface area (Å²) in [6, 6.07) is 7.47. The van der Waals surface area contributed by atoms with Crippen molar-refractivity contribution in [3.63, 3.8) is 0 Å². The Labute approximate surface area is 122 Å². The summed E-state index contributed by atoms with van der Waals surface area (Å²) in [5.74, 6) is 0.0464. The zero-order valence-corrected chi connectivity index (χ0v) is 12.6. The summed E-state index contributed by atoms with van der Waals surface area (Å²) in [5, 5.41) is 3.29. The van der Waals surface area contributed by atoms with Crippen molar-refractivity contribution in [3.05, 3.63) is 34.3 Å². The molecule has 0 spiro atoms. The molecule has 0 aromatic heterocycles. The third-order valence-corrected chi connectivity index (χ3v) is 3.70. The van der Waals surface area contributed by atoms with Crippen LogP contribution in [0.4, 0.5) is 0 Å². The van der Waals surface area contributed by atoms with Crippen molar-refractivity contribution in [1.29, 1.82) is 0 Å². The third-order valence-electron chi connectivity index (χ3n) is 3.21. The summed E-state index contributed by atoms with van der Waals surface area (Å²) >= 11 is 3.38. The van der Waals surface area contributed by atoms with Gasteiger partial charge in [0, 0.05) is 36.7 Å². The van der Waals surface area contributed by atoms with E-state index in [-0.39, 0.29) is 12.0 Å². The molecule has 19 heavy (non-hydrogen) atoms. The number of rotatable bonds is 4. The quantitative estimate of drug-likeness (QED) is 0.918. The van der Waals surface area contributed by atoms with Gasteiger partial charge in [0.2, 0.25) is 0 Å². The Bertz CT molecular complexity index is 433. The fourth-order valence-electron chi connectivity index (χ4n) is 2.09. The van der Waals surface area contributed by atoms with Crippen LogP contribution in [-0.4, -0.2) is 50.2 Å². The maximum absolute atomic E-state index is 12.2. The van der Waals surface area contributed by atoms with Gasteiger partial charge < -0.3 is 15.0 Å². The van der Waals surface area contributed by atoms with Crippen LogP contribution in [0.1, 0.15) is 16.8 Å². The predicted octanol–water partition coefficient (Wildman–Crippen LogP) is 1.90. The summed E-state index contributed by atoms with van der Waals surface area (Å²) in [6.07, 6.45) is 1.08. The molecule has 1 amide bonds. The standard InChI is InChI=1S/C14H19BrN2O2/c1-17(7-5-13-10-16-6-8-19-13)14(18)11-3-2-4-12(15)9-11/h2-4,9,13,16H,5-8,10H2,1H3. The van der Waals surface area contributed by atoms with Crippen LogP contribution in [0.25, 0.3) is 0 Å². The molecule has 0 bridgehead atoms. The van der Waals surface area contributed by atoms with E-state index in [9.17, 15) is 4.79 Å². The number of amides is 1. The van der Waals surface area contributed by atoms with Crippen molar-refractivity contribution in [2.75, 3.05) is 33.3 Å². The molecular formula is C14H19BrN2O2. The van der Waals surface area contributed by atoms with Crippen LogP contribution in [0.3, 0.4) is 0 Å². The van der Waals surface area contributed by atoms with E-state index in [1.165, 1.54) is 0 Å². The molecule has 1 fully saturated rings. The molecule has 0 radical (unpaired) electrons. The van der Waals surface area contributed by atoms with Crippen molar-refractivity contribution in [1.82, 2.24) is 10.2 Å². The SMILES string of the molecule is CN(CCC1CNCCO1)C(=O)c1cccc(Br)c1. The molecule has 2 rings (SSSR count). The highest BCUT2D eigenvalue weighted by Crippen LogP contribution is 2.13. The van der Waals surface area contributed by atoms with Gasteiger partial charge in [0.1, 0.15) is 0 Å². The van der Waals surface area contributed by atoms with Crippen molar-refractivity contribution in [2.24, 2.45) is 0 Å². The molecule has 1 atom stereocenters. The van der Waals surface area contributed by atoms with Crippen LogP contribution in [0, 0.1) is 0 Å². The first-order valence-electron chi connectivity index (χ1n) is 6.50. The van der Waals surface area contributed by atoms with Crippen LogP contribution in [0.15, 0.2) is 28.7 Å². The van der Waals surface area contributed by atoms with E-state index in [0.717, 1.165) is 30.6 Å². The maximum Gasteiger partial charge on any atom is 0.253 e. The highest BCUT2D eigenvalue weighted by Gasteiger charge is 2.16. The lowest BCUT2D eigenvalue weighted by Crippen LogP contribution is -2.40. The van der Waals surface area contributed by atoms with Gasteiger partial charge in [0.25, 0.3) is 5.91 Å². The lowest BCUT2D eigenvalue weighted by molar-refractivity contribution is 0.0187. The predicted molar refractivity (Wildman–Crippen MR) is 78.3 cm³/mol. The van der Waals surface area contributed by atoms with Gasteiger partial charge in [-0.05, 0) is 24.6 Å². The number of morpholine rings is 1. The minimum atomic E-state index is 0.0464. The first-order valence-corrected chi connectivity index (χ1v) is 7.29. The van der Waals surface area contributed by atoms with E-state index in [0.29, 0.717) is 12.1 Å². The second-order valence-electron chi connectivity index (χ2n) is 4.72. The molecule has 1 aliphatic rings. The highest BCUT2D eigenvalue weighted by molar-refractivity contribution is 9.10. The summed E-state index contributed by atoms with van der Waals surface area (Å²) in [5.41, 5.74) is 0.708. The van der Waals surface area contributed by atoms with Crippen molar-refractivity contribution in [2.45, 2.75) is 12.5 Å². The first kappa shape index (κ1) is 14.5. The van der Waals surface area contributed by atoms with Gasteiger partial charge in [-0.25, -0.2) is 0 Å². The largest absolute Gasteiger partial charge is 0.376 e. The highest BCUT2D eigenvalue weighted by atomic mass is 79.9. The smallest absolute Gasteiger partial charge is 0.253 e. The van der Waals surface area contributed by atoms with Gasteiger partial charge in [0.15, 0.2) is 0 Å². The molecule has 104 valence electrons. The number of nitrogens with zero attached hydrogens (tertiary/aromatic N) is 1. The van der Waals surface area contributed by atoms with Crippen LogP contribution < -0.4 is 5.32 Å². The van der Waals surface area contributed by atoms with Gasteiger partial charge in [0.05, 0.1) is 12.7 Å². The minimum absolute atomic E-state index is 0.0464. The molecule has 1 aliphatic heterocycles. The Morgan fingerprint density at radius 3 is 3.11 bits per heavy atom. The van der Waals surface area contributed by atoms with Gasteiger partial charge in [-0.1, -0.05) is 22.0 Å². The topological polar surface area (TPSA) is 41.6 Å². The molecule has 5 heteroatoms. The Balaban J connectivity index is 1.85. The number of carbonyl (C=O) groups excluding carboxylic acids is 1. The van der Waals surface area contributed by atoms with Crippen LogP contribution in [0.5, 0.6) is 0 Å². The summed E-state index contributed by atoms with van der Waals surface area (Å²) in [4.78, 5) is 14.0. The van der Waals surface area contributed by atoms with E-state index < -0.39 is 0 Å². The number of carbonyl (C=O) groups is 1. The normalized spacial score (nSPS) is 19.2. The van der Waals surface area contributed by atoms with Crippen molar-refractivity contribution >= 4 is 21.8 Å². The van der Waals surface area contributed by atoms with Crippen molar-refractivity contribution in [3.8, 4) is 0 Å². The minimum Gasteiger partial charge on any atom is -0.376 e. The lowest BCUT2D eigenvalue weighted by Gasteiger charge is -2.26. The average molecular weight is 327 g/mol. The summed E-state index contributed by atoms with van der Waals surface area (Å²) < 4.78 is 6.55. The number of hydrogen-bond acceptors (Lipinski definition) is 3. The number of halogens is 1. The summed E-state index contributed by atoms with van der Waals surface area (Å²) in [7, 11) is 1.83. The Morgan fingerprint density at radius 2 is 2.42 bits per heavy atom. The molecule has 1 unspecified atom stereocenters. The average Bonchev–Trinajstić information content (AvgIpc) is 2.45. The van der Waals surface area contributed by atoms with Crippen LogP contribution in [0.2, 0.25) is 0 Å². The monoisotopic (exact) mass is 326 g/mol. The number of ether oxygens (including phenoxy) is 1. The maximum atomic E-state index is 12.2. The van der Waals surface area contributed by atoms with Gasteiger partial charge in [-0.3, -0.25) is 4.79 Å². The molecule has 1 heterocycles. The molecular weight excluding hydrogens is 308 g/mol. The van der Waals surface area contributed by atoms with E-state index in [1.54, 1.807) is 4.90 Å². The zero-order valence-electron chi connectivity index (χ0n) is 11.1. The first-order chi connectivity index (χ1) is 9.16. The summed E-state index contributed by atoms with van der Waals surface area (Å²) in [6.45, 7) is 3.26. The Morgan fingerprint density at radius 1 is 1.58 bits per heavy atom. The molecule has 0 aliphatic carbocycles. The second kappa shape index (κ2) is 7.03. The molecule has 1 aromatic rings. The van der Waals surface area contributed by atoms with E-state index in [2.05, 4.69) is 21.2 Å². The van der Waals surface area contributed by atoms with E-state index in [4.69, 9.17) is 4.74 Å². The molecule has 0 saturated carbocycles. The van der Waals surface area contributed by atoms with Gasteiger partial charge in [-0.15, -0.1) is 0 Å². The van der Waals surface area contributed by atoms with Crippen LogP contribution >= 0.6 is 15.9 Å². The number of nitrogens with one attached hydrogen (secondary N) is 1. The third kappa shape index (κ3) is 4.30. The molecule has 1 saturated heterocycles. The Kier molecular flexibility index (Phi) is 5.36. The van der Waals surface area contributed by atoms with E-state index >= 15 is 0 Å². The van der Waals surface area contributed by atoms with Gasteiger partial charge >= 0.3 is 0 Å². The Hall–Kier alpha value is -0.910. The van der Waals surface area contributed by atoms with Gasteiger partial charge in [-0.2, -0.15) is 0 Å². The number of hydrogen-bond donors (Lipinski definition) is 1. The second-order valence-corrected chi connectivity index (χ2v) is 5.64. The zero-order chi connectivity index (χ0) is 13.7. The fourth-order valence-corrected chi connectivity index (χ4v) is 2.49. The van der Waals surface area contributed by atoms with Crippen LogP contribution in [-0.2, 0) is 4.74 Å². The van der Waals surface area contributed by atoms with Crippen molar-refractivity contribution < 1.29 is 9.53 Å².